The number of hydrogen-bond donors (Lipinski definition) is 2. The highest BCUT2D eigenvalue weighted by atomic mass is 16.1. The molecule has 2 fully saturated rings. The van der Waals surface area contributed by atoms with Gasteiger partial charge in [0.1, 0.15) is 0 Å². The Hall–Kier alpha value is -2.18. The van der Waals surface area contributed by atoms with E-state index in [-0.39, 0.29) is 11.8 Å². The van der Waals surface area contributed by atoms with Crippen LogP contribution in [0.4, 0.5) is 0 Å². The summed E-state index contributed by atoms with van der Waals surface area (Å²) in [5.74, 6) is 0.281. The van der Waals surface area contributed by atoms with Crippen LogP contribution in [0.25, 0.3) is 0 Å². The minimum Gasteiger partial charge on any atom is -0.350 e. The molecular formula is C23H33N5O. The summed E-state index contributed by atoms with van der Waals surface area (Å²) in [6.45, 7) is 7.85. The number of benzene rings is 1. The van der Waals surface area contributed by atoms with Crippen molar-refractivity contribution >= 4 is 5.91 Å². The number of nitrogens with one attached hydrogen (secondary N) is 2. The molecule has 2 aliphatic heterocycles. The molecule has 4 rings (SSSR count). The molecule has 0 saturated carbocycles. The van der Waals surface area contributed by atoms with E-state index in [9.17, 15) is 4.79 Å². The van der Waals surface area contributed by atoms with Gasteiger partial charge in [0, 0.05) is 24.8 Å². The normalized spacial score (nSPS) is 21.9. The van der Waals surface area contributed by atoms with Crippen LogP contribution in [0.3, 0.4) is 0 Å². The number of hydrogen-bond acceptors (Lipinski definition) is 4. The summed E-state index contributed by atoms with van der Waals surface area (Å²) in [4.78, 5) is 17.8. The van der Waals surface area contributed by atoms with Crippen molar-refractivity contribution in [3.63, 3.8) is 0 Å². The van der Waals surface area contributed by atoms with Crippen LogP contribution in [-0.4, -0.2) is 58.1 Å². The Balaban J connectivity index is 1.23. The largest absolute Gasteiger partial charge is 0.350 e. The van der Waals surface area contributed by atoms with Crippen LogP contribution < -0.4 is 5.32 Å². The van der Waals surface area contributed by atoms with Crippen LogP contribution in [0.15, 0.2) is 36.4 Å². The fraction of sp³-hybridized carbons (Fsp3) is 0.565. The molecule has 1 unspecified atom stereocenters. The zero-order valence-corrected chi connectivity index (χ0v) is 17.4. The van der Waals surface area contributed by atoms with E-state index in [1.54, 1.807) is 0 Å². The highest BCUT2D eigenvalue weighted by molar-refractivity contribution is 5.78. The predicted molar refractivity (Wildman–Crippen MR) is 114 cm³/mol. The van der Waals surface area contributed by atoms with E-state index < -0.39 is 0 Å². The standard InChI is InChI=1S/C23H33N5O/c1-18-14-21(26-25-18)15-24-23(29)20-8-5-11-28(17-20)22-9-12-27(13-10-22)16-19-6-3-2-4-7-19/h2-4,6-7,14,20,22H,5,8-13,15-17H2,1H3,(H,24,29)(H,25,26). The van der Waals surface area contributed by atoms with E-state index in [1.165, 1.54) is 18.4 Å². The van der Waals surface area contributed by atoms with Crippen molar-refractivity contribution in [2.24, 2.45) is 5.92 Å². The number of H-pyrrole nitrogens is 1. The minimum absolute atomic E-state index is 0.103. The van der Waals surface area contributed by atoms with Crippen molar-refractivity contribution in [2.75, 3.05) is 26.2 Å². The second kappa shape index (κ2) is 9.55. The molecule has 0 bridgehead atoms. The topological polar surface area (TPSA) is 64.3 Å². The number of aromatic nitrogens is 2. The lowest BCUT2D eigenvalue weighted by Crippen LogP contribution is -2.50. The Kier molecular flexibility index (Phi) is 6.62. The van der Waals surface area contributed by atoms with Gasteiger partial charge in [-0.05, 0) is 63.9 Å². The fourth-order valence-electron chi connectivity index (χ4n) is 4.72. The maximum Gasteiger partial charge on any atom is 0.224 e. The number of nitrogens with zero attached hydrogens (tertiary/aromatic N) is 3. The summed E-state index contributed by atoms with van der Waals surface area (Å²) in [7, 11) is 0. The van der Waals surface area contributed by atoms with Gasteiger partial charge in [-0.3, -0.25) is 19.7 Å². The summed E-state index contributed by atoms with van der Waals surface area (Å²) < 4.78 is 0. The molecule has 0 spiro atoms. The van der Waals surface area contributed by atoms with Gasteiger partial charge >= 0.3 is 0 Å². The third kappa shape index (κ3) is 5.46. The van der Waals surface area contributed by atoms with Crippen molar-refractivity contribution in [1.29, 1.82) is 0 Å². The first-order valence-corrected chi connectivity index (χ1v) is 11.0. The van der Waals surface area contributed by atoms with Gasteiger partial charge in [-0.2, -0.15) is 5.10 Å². The minimum atomic E-state index is 0.103. The first-order valence-electron chi connectivity index (χ1n) is 11.0. The number of likely N-dealkylation sites (tertiary alicyclic amines) is 2. The third-order valence-corrected chi connectivity index (χ3v) is 6.35. The van der Waals surface area contributed by atoms with Crippen molar-refractivity contribution in [1.82, 2.24) is 25.3 Å². The van der Waals surface area contributed by atoms with Crippen molar-refractivity contribution < 1.29 is 4.79 Å². The van der Waals surface area contributed by atoms with Crippen LogP contribution >= 0.6 is 0 Å². The Morgan fingerprint density at radius 2 is 1.97 bits per heavy atom. The van der Waals surface area contributed by atoms with Crippen LogP contribution in [-0.2, 0) is 17.9 Å². The highest BCUT2D eigenvalue weighted by Crippen LogP contribution is 2.24. The number of carbonyl (C=O) groups is 1. The zero-order valence-electron chi connectivity index (χ0n) is 17.4. The monoisotopic (exact) mass is 395 g/mol. The number of aromatic amines is 1. The van der Waals surface area contributed by atoms with E-state index in [0.717, 1.165) is 57.0 Å². The van der Waals surface area contributed by atoms with Crippen LogP contribution in [0, 0.1) is 12.8 Å². The summed E-state index contributed by atoms with van der Waals surface area (Å²) in [5, 5.41) is 10.2. The second-order valence-electron chi connectivity index (χ2n) is 8.59. The molecular weight excluding hydrogens is 362 g/mol. The fourth-order valence-corrected chi connectivity index (χ4v) is 4.72. The van der Waals surface area contributed by atoms with E-state index >= 15 is 0 Å². The molecule has 0 radical (unpaired) electrons. The molecule has 1 atom stereocenters. The van der Waals surface area contributed by atoms with Crippen LogP contribution in [0.5, 0.6) is 0 Å². The highest BCUT2D eigenvalue weighted by Gasteiger charge is 2.31. The first-order chi connectivity index (χ1) is 14.2. The number of piperidine rings is 2. The first kappa shape index (κ1) is 20.1. The molecule has 1 amide bonds. The predicted octanol–water partition coefficient (Wildman–Crippen LogP) is 2.71. The summed E-state index contributed by atoms with van der Waals surface area (Å²) >= 11 is 0. The molecule has 1 aromatic carbocycles. The molecule has 2 aliphatic rings. The van der Waals surface area contributed by atoms with Gasteiger partial charge in [-0.1, -0.05) is 30.3 Å². The Morgan fingerprint density at radius 3 is 2.69 bits per heavy atom. The molecule has 2 N–H and O–H groups in total. The Morgan fingerprint density at radius 1 is 1.17 bits per heavy atom. The summed E-state index contributed by atoms with van der Waals surface area (Å²) in [6, 6.07) is 13.3. The van der Waals surface area contributed by atoms with E-state index in [0.29, 0.717) is 12.6 Å². The molecule has 6 heteroatoms. The smallest absolute Gasteiger partial charge is 0.224 e. The molecule has 1 aromatic heterocycles. The summed E-state index contributed by atoms with van der Waals surface area (Å²) in [5.41, 5.74) is 3.32. The van der Waals surface area contributed by atoms with Gasteiger partial charge in [0.15, 0.2) is 0 Å². The maximum atomic E-state index is 12.7. The lowest BCUT2D eigenvalue weighted by Gasteiger charge is -2.42. The number of amides is 1. The Labute approximate surface area is 173 Å². The zero-order chi connectivity index (χ0) is 20.1. The lowest BCUT2D eigenvalue weighted by atomic mass is 9.93. The second-order valence-corrected chi connectivity index (χ2v) is 8.59. The summed E-state index contributed by atoms with van der Waals surface area (Å²) in [6.07, 6.45) is 4.51. The van der Waals surface area contributed by atoms with E-state index in [4.69, 9.17) is 0 Å². The molecule has 0 aliphatic carbocycles. The van der Waals surface area contributed by atoms with Gasteiger partial charge < -0.3 is 5.32 Å². The number of aryl methyl sites for hydroxylation is 1. The van der Waals surface area contributed by atoms with Gasteiger partial charge in [0.2, 0.25) is 5.91 Å². The molecule has 2 aromatic rings. The lowest BCUT2D eigenvalue weighted by molar-refractivity contribution is -0.127. The molecule has 29 heavy (non-hydrogen) atoms. The number of rotatable bonds is 6. The maximum absolute atomic E-state index is 12.7. The van der Waals surface area contributed by atoms with Crippen molar-refractivity contribution in [3.8, 4) is 0 Å². The van der Waals surface area contributed by atoms with Gasteiger partial charge in [0.05, 0.1) is 18.2 Å². The van der Waals surface area contributed by atoms with Crippen LogP contribution in [0.1, 0.15) is 42.6 Å². The Bertz CT molecular complexity index is 782. The average molecular weight is 396 g/mol. The van der Waals surface area contributed by atoms with E-state index in [1.807, 2.05) is 13.0 Å². The molecule has 3 heterocycles. The third-order valence-electron chi connectivity index (χ3n) is 6.35. The van der Waals surface area contributed by atoms with Crippen molar-refractivity contribution in [2.45, 2.75) is 51.7 Å². The van der Waals surface area contributed by atoms with Gasteiger partial charge in [-0.15, -0.1) is 0 Å². The van der Waals surface area contributed by atoms with Crippen molar-refractivity contribution in [3.05, 3.63) is 53.3 Å². The van der Waals surface area contributed by atoms with Gasteiger partial charge in [-0.25, -0.2) is 0 Å². The molecule has 6 nitrogen and oxygen atoms in total. The average Bonchev–Trinajstić information content (AvgIpc) is 3.18. The quantitative estimate of drug-likeness (QED) is 0.789. The molecule has 2 saturated heterocycles. The van der Waals surface area contributed by atoms with Crippen LogP contribution in [0.2, 0.25) is 0 Å². The SMILES string of the molecule is Cc1cc(CNC(=O)C2CCCN(C3CCN(Cc4ccccc4)CC3)C2)n[nH]1. The molecule has 156 valence electrons. The number of carbonyl (C=O) groups excluding carboxylic acids is 1. The van der Waals surface area contributed by atoms with E-state index in [2.05, 4.69) is 55.6 Å². The van der Waals surface area contributed by atoms with Gasteiger partial charge in [0.25, 0.3) is 0 Å².